The minimum absolute atomic E-state index is 0.295. The summed E-state index contributed by atoms with van der Waals surface area (Å²) in [7, 11) is 0. The molecule has 0 atom stereocenters. The van der Waals surface area contributed by atoms with Crippen LogP contribution in [0.2, 0.25) is 5.02 Å². The lowest BCUT2D eigenvalue weighted by Gasteiger charge is -2.11. The zero-order valence-corrected chi connectivity index (χ0v) is 10.5. The number of aliphatic hydroxyl groups is 1. The predicted molar refractivity (Wildman–Crippen MR) is 68.6 cm³/mol. The van der Waals surface area contributed by atoms with Crippen LogP contribution in [0.25, 0.3) is 0 Å². The fourth-order valence-corrected chi connectivity index (χ4v) is 1.85. The molecule has 2 aromatic rings. The SMILES string of the molecule is Cc1ccc(Oc2ccc(F)cc2CO)c(Cl)c1. The minimum atomic E-state index is -0.415. The summed E-state index contributed by atoms with van der Waals surface area (Å²) in [6.07, 6.45) is 0. The van der Waals surface area contributed by atoms with Gasteiger partial charge in [0.05, 0.1) is 11.6 Å². The second-order valence-electron chi connectivity index (χ2n) is 3.95. The van der Waals surface area contributed by atoms with Crippen LogP contribution in [0.5, 0.6) is 11.5 Å². The van der Waals surface area contributed by atoms with Gasteiger partial charge in [-0.1, -0.05) is 17.7 Å². The van der Waals surface area contributed by atoms with Crippen LogP contribution in [-0.4, -0.2) is 5.11 Å². The topological polar surface area (TPSA) is 29.5 Å². The molecular formula is C14H12ClFO2. The molecule has 0 saturated heterocycles. The summed E-state index contributed by atoms with van der Waals surface area (Å²) in [6, 6.07) is 9.36. The molecule has 0 unspecified atom stereocenters. The Kier molecular flexibility index (Phi) is 3.84. The van der Waals surface area contributed by atoms with Crippen LogP contribution in [0.3, 0.4) is 0 Å². The maximum Gasteiger partial charge on any atom is 0.146 e. The van der Waals surface area contributed by atoms with Crippen LogP contribution < -0.4 is 4.74 Å². The Hall–Kier alpha value is -1.58. The summed E-state index contributed by atoms with van der Waals surface area (Å²) in [5, 5.41) is 9.63. The van der Waals surface area contributed by atoms with E-state index in [4.69, 9.17) is 21.4 Å². The van der Waals surface area contributed by atoms with E-state index in [2.05, 4.69) is 0 Å². The van der Waals surface area contributed by atoms with Gasteiger partial charge in [0.25, 0.3) is 0 Å². The number of benzene rings is 2. The second kappa shape index (κ2) is 5.38. The molecule has 18 heavy (non-hydrogen) atoms. The van der Waals surface area contributed by atoms with Crippen molar-refractivity contribution in [1.29, 1.82) is 0 Å². The maximum absolute atomic E-state index is 13.0. The van der Waals surface area contributed by atoms with Crippen molar-refractivity contribution in [2.24, 2.45) is 0 Å². The van der Waals surface area contributed by atoms with E-state index in [1.807, 2.05) is 13.0 Å². The Morgan fingerprint density at radius 1 is 1.17 bits per heavy atom. The molecule has 0 fully saturated rings. The van der Waals surface area contributed by atoms with Gasteiger partial charge in [-0.3, -0.25) is 0 Å². The van der Waals surface area contributed by atoms with E-state index in [1.54, 1.807) is 12.1 Å². The van der Waals surface area contributed by atoms with Gasteiger partial charge in [-0.25, -0.2) is 4.39 Å². The number of aryl methyl sites for hydroxylation is 1. The number of hydrogen-bond donors (Lipinski definition) is 1. The van der Waals surface area contributed by atoms with E-state index in [9.17, 15) is 4.39 Å². The molecule has 2 nitrogen and oxygen atoms in total. The van der Waals surface area contributed by atoms with E-state index in [0.717, 1.165) is 5.56 Å². The number of hydrogen-bond acceptors (Lipinski definition) is 2. The molecular weight excluding hydrogens is 255 g/mol. The fraction of sp³-hybridized carbons (Fsp3) is 0.143. The van der Waals surface area contributed by atoms with Gasteiger partial charge in [0.1, 0.15) is 17.3 Å². The zero-order valence-electron chi connectivity index (χ0n) is 9.78. The molecule has 2 rings (SSSR count). The first-order valence-electron chi connectivity index (χ1n) is 5.43. The third-order valence-corrected chi connectivity index (χ3v) is 2.80. The molecule has 94 valence electrons. The van der Waals surface area contributed by atoms with Gasteiger partial charge in [-0.05, 0) is 42.8 Å². The van der Waals surface area contributed by atoms with Crippen molar-refractivity contribution in [3.05, 3.63) is 58.4 Å². The molecule has 0 heterocycles. The summed E-state index contributed by atoms with van der Waals surface area (Å²) >= 11 is 6.04. The highest BCUT2D eigenvalue weighted by atomic mass is 35.5. The van der Waals surface area contributed by atoms with Gasteiger partial charge in [0.2, 0.25) is 0 Å². The van der Waals surface area contributed by atoms with E-state index in [1.165, 1.54) is 18.2 Å². The Morgan fingerprint density at radius 2 is 1.89 bits per heavy atom. The highest BCUT2D eigenvalue weighted by molar-refractivity contribution is 6.32. The first-order chi connectivity index (χ1) is 8.60. The number of ether oxygens (including phenoxy) is 1. The Bertz CT molecular complexity index is 570. The van der Waals surface area contributed by atoms with Crippen molar-refractivity contribution in [3.8, 4) is 11.5 Å². The summed E-state index contributed by atoms with van der Waals surface area (Å²) in [6.45, 7) is 1.63. The van der Waals surface area contributed by atoms with E-state index >= 15 is 0 Å². The summed E-state index contributed by atoms with van der Waals surface area (Å²) in [5.41, 5.74) is 1.40. The van der Waals surface area contributed by atoms with E-state index in [0.29, 0.717) is 22.1 Å². The Labute approximate surface area is 110 Å². The Balaban J connectivity index is 2.33. The Morgan fingerprint density at radius 3 is 2.56 bits per heavy atom. The molecule has 1 N–H and O–H groups in total. The first-order valence-corrected chi connectivity index (χ1v) is 5.81. The molecule has 0 spiro atoms. The molecule has 0 saturated carbocycles. The van der Waals surface area contributed by atoms with Crippen LogP contribution in [-0.2, 0) is 6.61 Å². The van der Waals surface area contributed by atoms with Gasteiger partial charge in [0.15, 0.2) is 0 Å². The van der Waals surface area contributed by atoms with Crippen molar-refractivity contribution >= 4 is 11.6 Å². The quantitative estimate of drug-likeness (QED) is 0.907. The van der Waals surface area contributed by atoms with Crippen molar-refractivity contribution in [3.63, 3.8) is 0 Å². The predicted octanol–water partition coefficient (Wildman–Crippen LogP) is 4.07. The zero-order chi connectivity index (χ0) is 13.1. The van der Waals surface area contributed by atoms with E-state index in [-0.39, 0.29) is 6.61 Å². The summed E-state index contributed by atoms with van der Waals surface area (Å²) < 4.78 is 18.6. The lowest BCUT2D eigenvalue weighted by Crippen LogP contribution is -1.93. The summed E-state index contributed by atoms with van der Waals surface area (Å²) in [5.74, 6) is 0.453. The van der Waals surface area contributed by atoms with Crippen molar-refractivity contribution in [1.82, 2.24) is 0 Å². The lowest BCUT2D eigenvalue weighted by atomic mass is 10.2. The monoisotopic (exact) mass is 266 g/mol. The maximum atomic E-state index is 13.0. The number of rotatable bonds is 3. The molecule has 0 aromatic heterocycles. The van der Waals surface area contributed by atoms with Crippen molar-refractivity contribution in [2.75, 3.05) is 0 Å². The molecule has 0 aliphatic carbocycles. The third kappa shape index (κ3) is 2.81. The second-order valence-corrected chi connectivity index (χ2v) is 4.35. The average molecular weight is 267 g/mol. The molecule has 4 heteroatoms. The molecule has 0 amide bonds. The molecule has 0 radical (unpaired) electrons. The van der Waals surface area contributed by atoms with Gasteiger partial charge in [-0.15, -0.1) is 0 Å². The largest absolute Gasteiger partial charge is 0.455 e. The fourth-order valence-electron chi connectivity index (χ4n) is 1.58. The minimum Gasteiger partial charge on any atom is -0.455 e. The molecule has 0 bridgehead atoms. The lowest BCUT2D eigenvalue weighted by molar-refractivity contribution is 0.276. The highest BCUT2D eigenvalue weighted by Crippen LogP contribution is 2.32. The third-order valence-electron chi connectivity index (χ3n) is 2.50. The van der Waals surface area contributed by atoms with E-state index < -0.39 is 5.82 Å². The van der Waals surface area contributed by atoms with Gasteiger partial charge in [0, 0.05) is 5.56 Å². The highest BCUT2D eigenvalue weighted by Gasteiger charge is 2.08. The average Bonchev–Trinajstić information content (AvgIpc) is 2.34. The van der Waals surface area contributed by atoms with Gasteiger partial charge < -0.3 is 9.84 Å². The van der Waals surface area contributed by atoms with Crippen molar-refractivity contribution < 1.29 is 14.2 Å². The standard InChI is InChI=1S/C14H12ClFO2/c1-9-2-4-14(12(15)6-9)18-13-5-3-11(16)7-10(13)8-17/h2-7,17H,8H2,1H3. The summed E-state index contributed by atoms with van der Waals surface area (Å²) in [4.78, 5) is 0. The molecule has 2 aromatic carbocycles. The van der Waals surface area contributed by atoms with Crippen LogP contribution in [0.1, 0.15) is 11.1 Å². The normalized spacial score (nSPS) is 10.4. The van der Waals surface area contributed by atoms with Gasteiger partial charge >= 0.3 is 0 Å². The van der Waals surface area contributed by atoms with Crippen LogP contribution in [0, 0.1) is 12.7 Å². The van der Waals surface area contributed by atoms with Crippen LogP contribution >= 0.6 is 11.6 Å². The number of halogens is 2. The molecule has 0 aliphatic heterocycles. The van der Waals surface area contributed by atoms with Crippen LogP contribution in [0.4, 0.5) is 4.39 Å². The smallest absolute Gasteiger partial charge is 0.146 e. The van der Waals surface area contributed by atoms with Crippen LogP contribution in [0.15, 0.2) is 36.4 Å². The van der Waals surface area contributed by atoms with Crippen molar-refractivity contribution in [2.45, 2.75) is 13.5 Å². The first kappa shape index (κ1) is 12.9. The van der Waals surface area contributed by atoms with Gasteiger partial charge in [-0.2, -0.15) is 0 Å². The number of aliphatic hydroxyl groups excluding tert-OH is 1. The molecule has 0 aliphatic rings.